The minimum Gasteiger partial charge on any atom is -0.494 e. The topological polar surface area (TPSA) is 81.4 Å². The van der Waals surface area contributed by atoms with Crippen molar-refractivity contribution in [1.29, 1.82) is 0 Å². The highest BCUT2D eigenvalue weighted by Gasteiger charge is 2.13. The van der Waals surface area contributed by atoms with Crippen molar-refractivity contribution in [3.63, 3.8) is 0 Å². The van der Waals surface area contributed by atoms with E-state index in [2.05, 4.69) is 5.10 Å². The number of nitrogens with zero attached hydrogens (tertiary/aromatic N) is 2. The largest absolute Gasteiger partial charge is 0.494 e. The van der Waals surface area contributed by atoms with E-state index in [1.807, 2.05) is 13.0 Å². The summed E-state index contributed by atoms with van der Waals surface area (Å²) in [6.07, 6.45) is 1.41. The third kappa shape index (κ3) is 2.47. The van der Waals surface area contributed by atoms with E-state index in [4.69, 9.17) is 9.84 Å². The smallest absolute Gasteiger partial charge is 0.360 e. The standard InChI is InChI=1S/C13H12N2O4/c1-8-3-4-11(19-2)9(7-8)15-6-5-10(16)12(14-15)13(17)18/h3-7H,1-2H3,(H,17,18). The van der Waals surface area contributed by atoms with E-state index >= 15 is 0 Å². The molecule has 1 aromatic carbocycles. The molecular weight excluding hydrogens is 248 g/mol. The quantitative estimate of drug-likeness (QED) is 0.898. The van der Waals surface area contributed by atoms with Gasteiger partial charge in [-0.3, -0.25) is 4.79 Å². The van der Waals surface area contributed by atoms with Crippen LogP contribution >= 0.6 is 0 Å². The molecule has 0 unspecified atom stereocenters. The highest BCUT2D eigenvalue weighted by molar-refractivity contribution is 5.84. The fraction of sp³-hybridized carbons (Fsp3) is 0.154. The summed E-state index contributed by atoms with van der Waals surface area (Å²) in [4.78, 5) is 22.3. The molecule has 0 aliphatic rings. The van der Waals surface area contributed by atoms with Gasteiger partial charge in [-0.25, -0.2) is 9.48 Å². The summed E-state index contributed by atoms with van der Waals surface area (Å²) < 4.78 is 6.52. The Kier molecular flexibility index (Phi) is 3.33. The molecular formula is C13H12N2O4. The van der Waals surface area contributed by atoms with Gasteiger partial charge >= 0.3 is 5.97 Å². The van der Waals surface area contributed by atoms with E-state index in [1.165, 1.54) is 18.0 Å². The number of hydrogen-bond acceptors (Lipinski definition) is 4. The Bertz CT molecular complexity index is 691. The Hall–Kier alpha value is -2.63. The Morgan fingerprint density at radius 3 is 2.74 bits per heavy atom. The second kappa shape index (κ2) is 4.93. The van der Waals surface area contributed by atoms with Gasteiger partial charge in [0.05, 0.1) is 7.11 Å². The molecule has 0 saturated carbocycles. The lowest BCUT2D eigenvalue weighted by Crippen LogP contribution is -2.20. The molecule has 0 fully saturated rings. The highest BCUT2D eigenvalue weighted by atomic mass is 16.5. The van der Waals surface area contributed by atoms with Gasteiger partial charge in [0.15, 0.2) is 0 Å². The molecule has 0 spiro atoms. The van der Waals surface area contributed by atoms with Crippen LogP contribution in [0, 0.1) is 6.92 Å². The minimum absolute atomic E-state index is 0.522. The second-order valence-corrected chi connectivity index (χ2v) is 3.95. The molecule has 2 aromatic rings. The average Bonchev–Trinajstić information content (AvgIpc) is 2.39. The fourth-order valence-corrected chi connectivity index (χ4v) is 1.67. The maximum absolute atomic E-state index is 11.4. The van der Waals surface area contributed by atoms with Crippen molar-refractivity contribution < 1.29 is 14.6 Å². The Labute approximate surface area is 108 Å². The van der Waals surface area contributed by atoms with Crippen molar-refractivity contribution in [2.24, 2.45) is 0 Å². The molecule has 1 aromatic heterocycles. The van der Waals surface area contributed by atoms with Crippen LogP contribution in [-0.2, 0) is 0 Å². The summed E-state index contributed by atoms with van der Waals surface area (Å²) in [5.74, 6) is -0.816. The number of carboxylic acid groups (broad SMARTS) is 1. The van der Waals surface area contributed by atoms with Crippen molar-refractivity contribution in [1.82, 2.24) is 9.78 Å². The lowest BCUT2D eigenvalue weighted by molar-refractivity contribution is 0.0687. The van der Waals surface area contributed by atoms with Crippen LogP contribution in [0.15, 0.2) is 35.3 Å². The number of carboxylic acids is 1. The number of methoxy groups -OCH3 is 1. The van der Waals surface area contributed by atoms with E-state index in [9.17, 15) is 9.59 Å². The normalized spacial score (nSPS) is 10.2. The zero-order valence-corrected chi connectivity index (χ0v) is 10.5. The van der Waals surface area contributed by atoms with Crippen LogP contribution in [0.25, 0.3) is 5.69 Å². The number of hydrogen-bond donors (Lipinski definition) is 1. The molecule has 0 aliphatic heterocycles. The predicted molar refractivity (Wildman–Crippen MR) is 68.1 cm³/mol. The number of aryl methyl sites for hydroxylation is 1. The molecule has 2 rings (SSSR count). The van der Waals surface area contributed by atoms with Crippen molar-refractivity contribution in [3.05, 3.63) is 51.9 Å². The van der Waals surface area contributed by atoms with Gasteiger partial charge in [-0.05, 0) is 24.6 Å². The fourth-order valence-electron chi connectivity index (χ4n) is 1.67. The molecule has 0 saturated heterocycles. The van der Waals surface area contributed by atoms with E-state index in [1.54, 1.807) is 12.1 Å². The monoisotopic (exact) mass is 260 g/mol. The van der Waals surface area contributed by atoms with Crippen LogP contribution in [0.2, 0.25) is 0 Å². The third-order valence-corrected chi connectivity index (χ3v) is 2.59. The van der Waals surface area contributed by atoms with Crippen LogP contribution in [0.1, 0.15) is 16.1 Å². The van der Waals surface area contributed by atoms with Gasteiger partial charge in [0.25, 0.3) is 0 Å². The number of carbonyl (C=O) groups is 1. The Morgan fingerprint density at radius 1 is 1.37 bits per heavy atom. The summed E-state index contributed by atoms with van der Waals surface area (Å²) in [7, 11) is 1.51. The number of ether oxygens (including phenoxy) is 1. The number of aromatic nitrogens is 2. The molecule has 0 atom stereocenters. The molecule has 0 aliphatic carbocycles. The first kappa shape index (κ1) is 12.8. The van der Waals surface area contributed by atoms with Gasteiger partial charge in [-0.2, -0.15) is 5.10 Å². The van der Waals surface area contributed by atoms with Crippen LogP contribution in [-0.4, -0.2) is 28.0 Å². The first-order valence-electron chi connectivity index (χ1n) is 5.51. The Morgan fingerprint density at radius 2 is 2.11 bits per heavy atom. The van der Waals surface area contributed by atoms with Crippen LogP contribution in [0.3, 0.4) is 0 Å². The van der Waals surface area contributed by atoms with Gasteiger partial charge in [0.1, 0.15) is 11.4 Å². The van der Waals surface area contributed by atoms with Crippen LogP contribution in [0.4, 0.5) is 0 Å². The SMILES string of the molecule is COc1ccc(C)cc1-n1ccc(=O)c(C(=O)O)n1. The predicted octanol–water partition coefficient (Wildman–Crippen LogP) is 1.25. The van der Waals surface area contributed by atoms with Crippen molar-refractivity contribution in [2.45, 2.75) is 6.92 Å². The molecule has 6 heteroatoms. The van der Waals surface area contributed by atoms with E-state index in [0.717, 1.165) is 11.6 Å². The Balaban J connectivity index is 2.65. The summed E-state index contributed by atoms with van der Waals surface area (Å²) in [5, 5.41) is 12.7. The minimum atomic E-state index is -1.36. The van der Waals surface area contributed by atoms with Crippen molar-refractivity contribution in [2.75, 3.05) is 7.11 Å². The second-order valence-electron chi connectivity index (χ2n) is 3.95. The zero-order chi connectivity index (χ0) is 14.0. The molecule has 98 valence electrons. The maximum Gasteiger partial charge on any atom is 0.360 e. The van der Waals surface area contributed by atoms with Crippen molar-refractivity contribution in [3.8, 4) is 11.4 Å². The van der Waals surface area contributed by atoms with Gasteiger partial charge in [-0.15, -0.1) is 0 Å². The summed E-state index contributed by atoms with van der Waals surface area (Å²) in [6.45, 7) is 1.89. The first-order valence-corrected chi connectivity index (χ1v) is 5.51. The van der Waals surface area contributed by atoms with Crippen LogP contribution in [0.5, 0.6) is 5.75 Å². The molecule has 1 heterocycles. The van der Waals surface area contributed by atoms with Gasteiger partial charge in [-0.1, -0.05) is 6.07 Å². The molecule has 0 amide bonds. The molecule has 0 radical (unpaired) electrons. The maximum atomic E-state index is 11.4. The lowest BCUT2D eigenvalue weighted by atomic mass is 10.2. The van der Waals surface area contributed by atoms with E-state index in [-0.39, 0.29) is 0 Å². The zero-order valence-electron chi connectivity index (χ0n) is 10.5. The summed E-state index contributed by atoms with van der Waals surface area (Å²) in [6, 6.07) is 6.58. The number of rotatable bonds is 3. The lowest BCUT2D eigenvalue weighted by Gasteiger charge is -2.11. The molecule has 6 nitrogen and oxygen atoms in total. The first-order chi connectivity index (χ1) is 9.02. The van der Waals surface area contributed by atoms with E-state index in [0.29, 0.717) is 11.4 Å². The van der Waals surface area contributed by atoms with E-state index < -0.39 is 17.1 Å². The van der Waals surface area contributed by atoms with Gasteiger partial charge in [0, 0.05) is 12.3 Å². The highest BCUT2D eigenvalue weighted by Crippen LogP contribution is 2.22. The number of aromatic carboxylic acids is 1. The molecule has 19 heavy (non-hydrogen) atoms. The number of benzene rings is 1. The summed E-state index contributed by atoms with van der Waals surface area (Å²) in [5.41, 5.74) is 0.389. The van der Waals surface area contributed by atoms with Crippen molar-refractivity contribution >= 4 is 5.97 Å². The summed E-state index contributed by atoms with van der Waals surface area (Å²) >= 11 is 0. The van der Waals surface area contributed by atoms with Gasteiger partial charge < -0.3 is 9.84 Å². The third-order valence-electron chi connectivity index (χ3n) is 2.59. The average molecular weight is 260 g/mol. The molecule has 0 bridgehead atoms. The molecule has 1 N–H and O–H groups in total. The van der Waals surface area contributed by atoms with Gasteiger partial charge in [0.2, 0.25) is 11.1 Å². The van der Waals surface area contributed by atoms with Crippen LogP contribution < -0.4 is 10.2 Å².